The molecule has 0 atom stereocenters. The average molecular weight is 498 g/mol. The normalized spacial score (nSPS) is 10.2. The Morgan fingerprint density at radius 2 is 1.85 bits per heavy atom. The first-order valence-electron chi connectivity index (χ1n) is 6.60. The Morgan fingerprint density at radius 1 is 1.20 bits per heavy atom. The summed E-state index contributed by atoms with van der Waals surface area (Å²) in [7, 11) is 0. The van der Waals surface area contributed by atoms with Gasteiger partial charge in [-0.1, -0.05) is 32.6 Å². The van der Waals surface area contributed by atoms with Gasteiger partial charge < -0.3 is 9.47 Å². The minimum absolute atomic E-state index is 0.499. The van der Waals surface area contributed by atoms with Crippen LogP contribution in [0.25, 0.3) is 0 Å². The molecule has 0 aliphatic heterocycles. The maximum absolute atomic E-state index is 5.86. The van der Waals surface area contributed by atoms with Crippen LogP contribution in [0.1, 0.15) is 26.2 Å². The zero-order valence-corrected chi connectivity index (χ0v) is 16.1. The van der Waals surface area contributed by atoms with E-state index in [0.717, 1.165) is 30.6 Å². The van der Waals surface area contributed by atoms with Gasteiger partial charge in [-0.3, -0.25) is 0 Å². The summed E-state index contributed by atoms with van der Waals surface area (Å²) in [4.78, 5) is 0. The molecule has 0 radical (unpaired) electrons. The summed E-state index contributed by atoms with van der Waals surface area (Å²) in [5, 5.41) is 0. The van der Waals surface area contributed by atoms with E-state index in [2.05, 4.69) is 71.3 Å². The lowest BCUT2D eigenvalue weighted by molar-refractivity contribution is 0.332. The fourth-order valence-electron chi connectivity index (χ4n) is 1.56. The van der Waals surface area contributed by atoms with Crippen LogP contribution in [-0.4, -0.2) is 13.2 Å². The molecular weight excluding hydrogens is 478 g/mol. The molecule has 110 valence electrons. The third-order valence-corrected chi connectivity index (χ3v) is 4.34. The van der Waals surface area contributed by atoms with E-state index in [1.807, 2.05) is 6.07 Å². The van der Waals surface area contributed by atoms with Crippen LogP contribution in [0, 0.1) is 7.14 Å². The lowest BCUT2D eigenvalue weighted by atomic mass is 10.1. The summed E-state index contributed by atoms with van der Waals surface area (Å²) in [5.74, 6) is 1.68. The Labute approximate surface area is 148 Å². The lowest BCUT2D eigenvalue weighted by Crippen LogP contribution is -2.03. The molecule has 0 amide bonds. The van der Waals surface area contributed by atoms with Crippen LogP contribution in [-0.2, 0) is 0 Å². The van der Waals surface area contributed by atoms with Crippen LogP contribution >= 0.6 is 45.2 Å². The minimum atomic E-state index is 0.499. The van der Waals surface area contributed by atoms with Gasteiger partial charge in [0, 0.05) is 6.07 Å². The van der Waals surface area contributed by atoms with Gasteiger partial charge in [0.25, 0.3) is 0 Å². The van der Waals surface area contributed by atoms with E-state index in [-0.39, 0.29) is 0 Å². The molecule has 0 saturated heterocycles. The van der Waals surface area contributed by atoms with Crippen LogP contribution in [0.2, 0.25) is 0 Å². The first-order valence-corrected chi connectivity index (χ1v) is 8.76. The van der Waals surface area contributed by atoms with Crippen molar-refractivity contribution in [1.29, 1.82) is 0 Å². The Balaban J connectivity index is 2.68. The van der Waals surface area contributed by atoms with E-state index in [1.54, 1.807) is 6.08 Å². The molecule has 0 bridgehead atoms. The van der Waals surface area contributed by atoms with E-state index in [9.17, 15) is 0 Å². The molecule has 0 saturated carbocycles. The number of ether oxygens (including phenoxy) is 2. The van der Waals surface area contributed by atoms with E-state index in [0.29, 0.717) is 13.2 Å². The van der Waals surface area contributed by atoms with Gasteiger partial charge >= 0.3 is 0 Å². The maximum Gasteiger partial charge on any atom is 0.136 e. The summed E-state index contributed by atoms with van der Waals surface area (Å²) in [5.41, 5.74) is 1.13. The first-order chi connectivity index (χ1) is 9.58. The Morgan fingerprint density at radius 3 is 2.45 bits per heavy atom. The van der Waals surface area contributed by atoms with Crippen LogP contribution in [0.15, 0.2) is 36.9 Å². The SMILES string of the molecule is C=CCOc1cc(OCC(=C)CCCC)c(I)cc1I. The highest BCUT2D eigenvalue weighted by atomic mass is 127. The summed E-state index contributed by atoms with van der Waals surface area (Å²) in [6.07, 6.45) is 5.11. The van der Waals surface area contributed by atoms with Crippen LogP contribution in [0.5, 0.6) is 11.5 Å². The summed E-state index contributed by atoms with van der Waals surface area (Å²) in [6.45, 7) is 11.0. The van der Waals surface area contributed by atoms with Gasteiger partial charge in [0.2, 0.25) is 0 Å². The molecule has 0 unspecified atom stereocenters. The zero-order chi connectivity index (χ0) is 15.0. The number of unbranched alkanes of at least 4 members (excludes halogenated alkanes) is 1. The average Bonchev–Trinajstić information content (AvgIpc) is 2.43. The standard InChI is InChI=1S/C16H20I2O2/c1-4-6-7-12(3)11-20-16-10-15(19-8-5-2)13(17)9-14(16)18/h5,9-10H,2-4,6-8,11H2,1H3. The van der Waals surface area contributed by atoms with E-state index in [4.69, 9.17) is 9.47 Å². The Hall–Kier alpha value is -0.240. The van der Waals surface area contributed by atoms with Crippen molar-refractivity contribution in [3.63, 3.8) is 0 Å². The molecule has 1 aromatic carbocycles. The van der Waals surface area contributed by atoms with Crippen molar-refractivity contribution in [3.05, 3.63) is 44.1 Å². The summed E-state index contributed by atoms with van der Waals surface area (Å²) < 4.78 is 13.6. The monoisotopic (exact) mass is 498 g/mol. The minimum Gasteiger partial charge on any atom is -0.488 e. The lowest BCUT2D eigenvalue weighted by Gasteiger charge is -2.13. The van der Waals surface area contributed by atoms with Crippen molar-refractivity contribution in [2.24, 2.45) is 0 Å². The van der Waals surface area contributed by atoms with Crippen molar-refractivity contribution < 1.29 is 9.47 Å². The third-order valence-electron chi connectivity index (χ3n) is 2.66. The highest BCUT2D eigenvalue weighted by molar-refractivity contribution is 14.1. The van der Waals surface area contributed by atoms with Crippen molar-refractivity contribution in [1.82, 2.24) is 0 Å². The second-order valence-corrected chi connectivity index (χ2v) is 6.78. The van der Waals surface area contributed by atoms with Crippen molar-refractivity contribution >= 4 is 45.2 Å². The molecule has 20 heavy (non-hydrogen) atoms. The second kappa shape index (κ2) is 9.65. The second-order valence-electron chi connectivity index (χ2n) is 4.45. The van der Waals surface area contributed by atoms with Crippen molar-refractivity contribution in [3.8, 4) is 11.5 Å². The molecule has 0 aliphatic rings. The molecule has 2 nitrogen and oxygen atoms in total. The van der Waals surface area contributed by atoms with Gasteiger partial charge in [0.05, 0.1) is 7.14 Å². The highest BCUT2D eigenvalue weighted by Gasteiger charge is 2.09. The van der Waals surface area contributed by atoms with Gasteiger partial charge in [-0.15, -0.1) is 0 Å². The van der Waals surface area contributed by atoms with Gasteiger partial charge in [-0.25, -0.2) is 0 Å². The molecule has 0 N–H and O–H groups in total. The number of halogens is 2. The van der Waals surface area contributed by atoms with Crippen molar-refractivity contribution in [2.75, 3.05) is 13.2 Å². The zero-order valence-electron chi connectivity index (χ0n) is 11.8. The number of benzene rings is 1. The largest absolute Gasteiger partial charge is 0.488 e. The quantitative estimate of drug-likeness (QED) is 0.327. The number of rotatable bonds is 9. The fourth-order valence-corrected chi connectivity index (χ4v) is 3.40. The molecule has 4 heteroatoms. The molecule has 1 aromatic rings. The molecule has 1 rings (SSSR count). The summed E-state index contributed by atoms with van der Waals surface area (Å²) in [6, 6.07) is 4.00. The van der Waals surface area contributed by atoms with Crippen molar-refractivity contribution in [2.45, 2.75) is 26.2 Å². The van der Waals surface area contributed by atoms with Gasteiger partial charge in [-0.05, 0) is 69.7 Å². The highest BCUT2D eigenvalue weighted by Crippen LogP contribution is 2.31. The predicted molar refractivity (Wildman–Crippen MR) is 102 cm³/mol. The van der Waals surface area contributed by atoms with E-state index in [1.165, 1.54) is 12.8 Å². The Bertz CT molecular complexity index is 470. The van der Waals surface area contributed by atoms with Crippen LogP contribution in [0.3, 0.4) is 0 Å². The molecular formula is C16H20I2O2. The van der Waals surface area contributed by atoms with Crippen LogP contribution in [0.4, 0.5) is 0 Å². The van der Waals surface area contributed by atoms with Gasteiger partial charge in [-0.2, -0.15) is 0 Å². The fraction of sp³-hybridized carbons (Fsp3) is 0.375. The number of hydrogen-bond acceptors (Lipinski definition) is 2. The van der Waals surface area contributed by atoms with Gasteiger partial charge in [0.1, 0.15) is 24.7 Å². The van der Waals surface area contributed by atoms with Gasteiger partial charge in [0.15, 0.2) is 0 Å². The maximum atomic E-state index is 5.86. The Kier molecular flexibility index (Phi) is 8.60. The molecule has 0 heterocycles. The smallest absolute Gasteiger partial charge is 0.136 e. The topological polar surface area (TPSA) is 18.5 Å². The molecule has 0 spiro atoms. The number of hydrogen-bond donors (Lipinski definition) is 0. The predicted octanol–water partition coefficient (Wildman–Crippen LogP) is 5.59. The molecule has 0 fully saturated rings. The van der Waals surface area contributed by atoms with Crippen LogP contribution < -0.4 is 9.47 Å². The summed E-state index contributed by atoms with van der Waals surface area (Å²) >= 11 is 4.55. The van der Waals surface area contributed by atoms with E-state index >= 15 is 0 Å². The third kappa shape index (κ3) is 6.03. The molecule has 0 aliphatic carbocycles. The van der Waals surface area contributed by atoms with E-state index < -0.39 is 0 Å². The first kappa shape index (κ1) is 17.8. The molecule has 0 aromatic heterocycles.